The molecule has 0 aromatic heterocycles. The van der Waals surface area contributed by atoms with Crippen molar-refractivity contribution in [1.82, 2.24) is 10.2 Å². The molecule has 1 fully saturated rings. The number of carbonyl (C=O) groups excluding carboxylic acids is 1. The van der Waals surface area contributed by atoms with Crippen LogP contribution in [-0.2, 0) is 4.79 Å². The molecule has 3 nitrogen and oxygen atoms in total. The molecule has 1 aliphatic rings. The Morgan fingerprint density at radius 1 is 1.40 bits per heavy atom. The van der Waals surface area contributed by atoms with Crippen LogP contribution in [-0.4, -0.2) is 37.0 Å². The van der Waals surface area contributed by atoms with Gasteiger partial charge in [0.2, 0.25) is 5.91 Å². The van der Waals surface area contributed by atoms with E-state index in [1.54, 1.807) is 17.1 Å². The van der Waals surface area contributed by atoms with E-state index in [9.17, 15) is 4.79 Å². The van der Waals surface area contributed by atoms with Crippen molar-refractivity contribution in [1.29, 1.82) is 0 Å². The summed E-state index contributed by atoms with van der Waals surface area (Å²) in [5, 5.41) is 3.26. The lowest BCUT2D eigenvalue weighted by molar-refractivity contribution is -0.135. The monoisotopic (exact) mass is 208 g/mol. The molecule has 0 radical (unpaired) electrons. The minimum atomic E-state index is 0.138. The number of hydrogen-bond acceptors (Lipinski definition) is 2. The van der Waals surface area contributed by atoms with Crippen molar-refractivity contribution in [3.05, 3.63) is 25.3 Å². The second-order valence-corrected chi connectivity index (χ2v) is 3.86. The first-order valence-electron chi connectivity index (χ1n) is 5.51. The quantitative estimate of drug-likeness (QED) is 0.688. The lowest BCUT2D eigenvalue weighted by atomic mass is 9.98. The third-order valence-corrected chi connectivity index (χ3v) is 2.66. The summed E-state index contributed by atoms with van der Waals surface area (Å²) in [6.07, 6.45) is 5.61. The number of piperidine rings is 1. The summed E-state index contributed by atoms with van der Waals surface area (Å²) >= 11 is 0. The molecule has 0 aromatic rings. The fourth-order valence-corrected chi connectivity index (χ4v) is 1.89. The van der Waals surface area contributed by atoms with Gasteiger partial charge in [-0.05, 0) is 19.4 Å². The van der Waals surface area contributed by atoms with Gasteiger partial charge in [0.05, 0.1) is 5.92 Å². The predicted molar refractivity (Wildman–Crippen MR) is 62.6 cm³/mol. The zero-order valence-corrected chi connectivity index (χ0v) is 9.24. The molecular weight excluding hydrogens is 188 g/mol. The smallest absolute Gasteiger partial charge is 0.227 e. The van der Waals surface area contributed by atoms with Gasteiger partial charge < -0.3 is 10.2 Å². The van der Waals surface area contributed by atoms with Crippen LogP contribution in [0.1, 0.15) is 12.8 Å². The van der Waals surface area contributed by atoms with E-state index < -0.39 is 0 Å². The molecular formula is C12H20N2O. The molecule has 0 aliphatic carbocycles. The summed E-state index contributed by atoms with van der Waals surface area (Å²) in [5.74, 6) is 0.362. The fraction of sp³-hybridized carbons (Fsp3) is 0.583. The van der Waals surface area contributed by atoms with Crippen molar-refractivity contribution in [3.8, 4) is 0 Å². The number of nitrogens with one attached hydrogen (secondary N) is 1. The van der Waals surface area contributed by atoms with Crippen LogP contribution in [0.5, 0.6) is 0 Å². The number of carbonyl (C=O) groups is 1. The second-order valence-electron chi connectivity index (χ2n) is 3.86. The van der Waals surface area contributed by atoms with Crippen molar-refractivity contribution in [2.45, 2.75) is 12.8 Å². The van der Waals surface area contributed by atoms with Gasteiger partial charge in [-0.1, -0.05) is 12.2 Å². The molecule has 3 heteroatoms. The molecule has 1 heterocycles. The number of nitrogens with zero attached hydrogens (tertiary/aromatic N) is 1. The Morgan fingerprint density at radius 2 is 2.07 bits per heavy atom. The zero-order valence-electron chi connectivity index (χ0n) is 9.24. The van der Waals surface area contributed by atoms with Gasteiger partial charge in [0.15, 0.2) is 0 Å². The number of rotatable bonds is 5. The average molecular weight is 208 g/mol. The SMILES string of the molecule is C=CCN(CC=C)C(=O)C1CCCNC1. The van der Waals surface area contributed by atoms with Crippen LogP contribution >= 0.6 is 0 Å². The first-order valence-corrected chi connectivity index (χ1v) is 5.51. The summed E-state index contributed by atoms with van der Waals surface area (Å²) in [7, 11) is 0. The minimum absolute atomic E-state index is 0.138. The molecule has 0 aromatic carbocycles. The topological polar surface area (TPSA) is 32.3 Å². The van der Waals surface area contributed by atoms with E-state index in [1.807, 2.05) is 0 Å². The molecule has 1 saturated heterocycles. The number of amides is 1. The van der Waals surface area contributed by atoms with Gasteiger partial charge in [0.1, 0.15) is 0 Å². The maximum Gasteiger partial charge on any atom is 0.227 e. The van der Waals surface area contributed by atoms with E-state index in [0.717, 1.165) is 25.9 Å². The van der Waals surface area contributed by atoms with Crippen LogP contribution in [0.25, 0.3) is 0 Å². The van der Waals surface area contributed by atoms with E-state index >= 15 is 0 Å². The third kappa shape index (κ3) is 3.51. The molecule has 1 amide bonds. The van der Waals surface area contributed by atoms with Gasteiger partial charge in [-0.3, -0.25) is 4.79 Å². The van der Waals surface area contributed by atoms with Gasteiger partial charge >= 0.3 is 0 Å². The summed E-state index contributed by atoms with van der Waals surface area (Å²) in [5.41, 5.74) is 0. The van der Waals surface area contributed by atoms with Gasteiger partial charge in [0, 0.05) is 19.6 Å². The van der Waals surface area contributed by atoms with Crippen molar-refractivity contribution in [2.24, 2.45) is 5.92 Å². The first-order chi connectivity index (χ1) is 7.29. The zero-order chi connectivity index (χ0) is 11.1. The lowest BCUT2D eigenvalue weighted by Gasteiger charge is -2.28. The highest BCUT2D eigenvalue weighted by Crippen LogP contribution is 2.13. The van der Waals surface area contributed by atoms with Crippen molar-refractivity contribution < 1.29 is 4.79 Å². The normalized spacial score (nSPS) is 20.7. The molecule has 1 atom stereocenters. The van der Waals surface area contributed by atoms with E-state index in [4.69, 9.17) is 0 Å². The first kappa shape index (κ1) is 12.0. The summed E-state index contributed by atoms with van der Waals surface area (Å²) in [4.78, 5) is 13.9. The van der Waals surface area contributed by atoms with Gasteiger partial charge in [-0.25, -0.2) is 0 Å². The van der Waals surface area contributed by atoms with E-state index in [1.165, 1.54) is 0 Å². The maximum absolute atomic E-state index is 12.1. The van der Waals surface area contributed by atoms with E-state index in [2.05, 4.69) is 18.5 Å². The highest BCUT2D eigenvalue weighted by molar-refractivity contribution is 5.79. The molecule has 1 unspecified atom stereocenters. The van der Waals surface area contributed by atoms with E-state index in [-0.39, 0.29) is 11.8 Å². The molecule has 0 spiro atoms. The Balaban J connectivity index is 2.52. The van der Waals surface area contributed by atoms with Crippen LogP contribution < -0.4 is 5.32 Å². The fourth-order valence-electron chi connectivity index (χ4n) is 1.89. The van der Waals surface area contributed by atoms with Crippen LogP contribution in [0.2, 0.25) is 0 Å². The maximum atomic E-state index is 12.1. The summed E-state index contributed by atoms with van der Waals surface area (Å²) in [6.45, 7) is 10.4. The van der Waals surface area contributed by atoms with Crippen LogP contribution in [0, 0.1) is 5.92 Å². The van der Waals surface area contributed by atoms with Crippen LogP contribution in [0.15, 0.2) is 25.3 Å². The molecule has 0 saturated carbocycles. The second kappa shape index (κ2) is 6.40. The molecule has 1 N–H and O–H groups in total. The van der Waals surface area contributed by atoms with Crippen molar-refractivity contribution in [3.63, 3.8) is 0 Å². The Labute approximate surface area is 91.8 Å². The molecule has 15 heavy (non-hydrogen) atoms. The Morgan fingerprint density at radius 3 is 2.53 bits per heavy atom. The van der Waals surface area contributed by atoms with E-state index in [0.29, 0.717) is 13.1 Å². The largest absolute Gasteiger partial charge is 0.335 e. The van der Waals surface area contributed by atoms with Crippen molar-refractivity contribution in [2.75, 3.05) is 26.2 Å². The van der Waals surface area contributed by atoms with Crippen LogP contribution in [0.3, 0.4) is 0 Å². The standard InChI is InChI=1S/C12H20N2O/c1-3-8-14(9-4-2)12(15)11-6-5-7-13-10-11/h3-4,11,13H,1-2,5-10H2. The van der Waals surface area contributed by atoms with Gasteiger partial charge in [-0.2, -0.15) is 0 Å². The van der Waals surface area contributed by atoms with Crippen LogP contribution in [0.4, 0.5) is 0 Å². The Kier molecular flexibility index (Phi) is 5.12. The predicted octanol–water partition coefficient (Wildman–Crippen LogP) is 1.19. The Hall–Kier alpha value is -1.09. The highest BCUT2D eigenvalue weighted by Gasteiger charge is 2.24. The van der Waals surface area contributed by atoms with Gasteiger partial charge in [-0.15, -0.1) is 13.2 Å². The molecule has 1 rings (SSSR count). The summed E-state index contributed by atoms with van der Waals surface area (Å²) < 4.78 is 0. The summed E-state index contributed by atoms with van der Waals surface area (Å²) in [6, 6.07) is 0. The third-order valence-electron chi connectivity index (χ3n) is 2.66. The molecule has 84 valence electrons. The van der Waals surface area contributed by atoms with Crippen molar-refractivity contribution >= 4 is 5.91 Å². The Bertz CT molecular complexity index is 222. The molecule has 1 aliphatic heterocycles. The highest BCUT2D eigenvalue weighted by atomic mass is 16.2. The minimum Gasteiger partial charge on any atom is -0.335 e. The number of hydrogen-bond donors (Lipinski definition) is 1. The average Bonchev–Trinajstić information content (AvgIpc) is 2.29. The van der Waals surface area contributed by atoms with Gasteiger partial charge in [0.25, 0.3) is 0 Å². The lowest BCUT2D eigenvalue weighted by Crippen LogP contribution is -2.43. The molecule has 0 bridgehead atoms.